The molecule has 113 heavy (non-hydrogen) atoms. The maximum atomic E-state index is 16.4. The molecule has 2 saturated heterocycles. The van der Waals surface area contributed by atoms with Crippen molar-refractivity contribution in [1.29, 1.82) is 0 Å². The van der Waals surface area contributed by atoms with E-state index in [9.17, 15) is 9.59 Å². The summed E-state index contributed by atoms with van der Waals surface area (Å²) in [7, 11) is -68.2. The quantitative estimate of drug-likeness (QED) is 0.0247. The molecule has 3 fully saturated rings. The van der Waals surface area contributed by atoms with E-state index >= 15 is 18.9 Å². The van der Waals surface area contributed by atoms with Gasteiger partial charge in [-0.15, -0.1) is 0 Å². The molecule has 0 spiro atoms. The van der Waals surface area contributed by atoms with Gasteiger partial charge in [-0.3, -0.25) is 28.0 Å². The summed E-state index contributed by atoms with van der Waals surface area (Å²) in [6.07, 6.45) is -31.2. The molecule has 1 saturated carbocycles. The fourth-order valence-electron chi connectivity index (χ4n) is 13.7. The number of allylic oxidation sites excluding steroid dienone is 1. The van der Waals surface area contributed by atoms with E-state index in [1.807, 2.05) is 12.2 Å². The average Bonchev–Trinajstić information content (AvgIpc) is 0.727. The lowest BCUT2D eigenvalue weighted by Gasteiger charge is -2.53. The van der Waals surface area contributed by atoms with Gasteiger partial charge in [0.15, 0.2) is 0 Å². The van der Waals surface area contributed by atoms with Crippen LogP contribution in [0.1, 0.15) is 259 Å². The Morgan fingerprint density at radius 2 is 1.02 bits per heavy atom. The maximum absolute atomic E-state index is 16.4. The highest BCUT2D eigenvalue weighted by molar-refractivity contribution is 7.48. The summed E-state index contributed by atoms with van der Waals surface area (Å²) in [4.78, 5) is 75.8. The molecule has 2 N–H and O–H groups in total. The topological polar surface area (TPSA) is 342 Å². The van der Waals surface area contributed by atoms with Gasteiger partial charge in [-0.25, -0.2) is 14.2 Å². The molecule has 2 heterocycles. The van der Waals surface area contributed by atoms with Gasteiger partial charge in [0.2, 0.25) is 17.7 Å². The fourth-order valence-corrected chi connectivity index (χ4v) is 14.7. The summed E-state index contributed by atoms with van der Waals surface area (Å²) >= 11 is 0. The van der Waals surface area contributed by atoms with Crippen molar-refractivity contribution in [2.24, 2.45) is 0 Å². The molecule has 0 aromatic rings. The molecular formula is C80H148N3O29P. The summed E-state index contributed by atoms with van der Waals surface area (Å²) in [6.45, 7) is -8.98. The lowest BCUT2D eigenvalue weighted by Crippen LogP contribution is -2.72. The Labute approximate surface area is 742 Å². The van der Waals surface area contributed by atoms with Crippen LogP contribution in [0.3, 0.4) is 0 Å². The van der Waals surface area contributed by atoms with Crippen LogP contribution in [0.5, 0.6) is 0 Å². The zero-order valence-corrected chi connectivity index (χ0v) is 65.0. The van der Waals surface area contributed by atoms with Crippen LogP contribution in [-0.2, 0) is 137 Å². The molecule has 0 aromatic heterocycles. The van der Waals surface area contributed by atoms with Crippen LogP contribution >= 0.6 is 7.82 Å². The van der Waals surface area contributed by atoms with E-state index in [0.29, 0.717) is 32.8 Å². The van der Waals surface area contributed by atoms with Gasteiger partial charge in [0.05, 0.1) is 132 Å². The predicted octanol–water partition coefficient (Wildman–Crippen LogP) is 9.51. The van der Waals surface area contributed by atoms with Gasteiger partial charge in [-0.2, -0.15) is 0 Å². The van der Waals surface area contributed by atoms with Gasteiger partial charge in [-0.1, -0.05) is 167 Å². The van der Waals surface area contributed by atoms with Crippen molar-refractivity contribution in [2.45, 2.75) is 315 Å². The molecule has 0 radical (unpaired) electrons. The second kappa shape index (κ2) is 58.4. The van der Waals surface area contributed by atoms with Crippen LogP contribution < -0.4 is 10.6 Å². The number of nitrogens with zero attached hydrogens (tertiary/aromatic N) is 1. The van der Waals surface area contributed by atoms with Gasteiger partial charge in [0.25, 0.3) is 11.6 Å². The average molecular weight is 1700 g/mol. The number of nitrogens with one attached hydrogen (secondary N) is 2. The van der Waals surface area contributed by atoms with Crippen molar-refractivity contribution in [3.63, 3.8) is 0 Å². The zero-order chi connectivity index (χ0) is 124. The summed E-state index contributed by atoms with van der Waals surface area (Å²) in [6, 6.07) is -8.55. The van der Waals surface area contributed by atoms with Crippen LogP contribution in [0.2, 0.25) is 0 Å². The van der Waals surface area contributed by atoms with E-state index < -0.39 is 328 Å². The van der Waals surface area contributed by atoms with Crippen molar-refractivity contribution >= 4 is 37.5 Å². The van der Waals surface area contributed by atoms with Crippen molar-refractivity contribution in [1.82, 2.24) is 15.5 Å². The molecule has 0 aromatic carbocycles. The number of carbonyl (C=O) groups excluding carboxylic acids is 5. The number of unbranched alkanes of at least 4 members (excludes halogenated alkanes) is 23. The number of ether oxygens (including phenoxy) is 20. The Hall–Kier alpha value is -3.52. The summed E-state index contributed by atoms with van der Waals surface area (Å²) < 4.78 is 544. The molecule has 2 aliphatic heterocycles. The number of likely N-dealkylation sites (N-methyl/N-ethyl adjacent to an activating group) is 1. The highest BCUT2D eigenvalue weighted by Gasteiger charge is 2.64. The normalized spacial score (nSPS) is 35.0. The highest BCUT2D eigenvalue weighted by atomic mass is 31.2. The zero-order valence-electron chi connectivity index (χ0n) is 112. The van der Waals surface area contributed by atoms with Gasteiger partial charge < -0.3 is 110 Å². The molecule has 1 unspecified atom stereocenters. The number of amides is 3. The highest BCUT2D eigenvalue weighted by Crippen LogP contribution is 2.53. The van der Waals surface area contributed by atoms with Crippen molar-refractivity contribution in [3.05, 3.63) is 12.2 Å². The minimum atomic E-state index is -6.95. The number of phosphoric acid groups is 1. The van der Waals surface area contributed by atoms with E-state index in [-0.39, 0.29) is 12.8 Å². The van der Waals surface area contributed by atoms with Crippen LogP contribution in [0.15, 0.2) is 12.2 Å². The summed E-state index contributed by atoms with van der Waals surface area (Å²) in [5.41, 5.74) is 0. The molecule has 33 heteroatoms. The SMILES string of the molecule is [2H]C([2H])([2H])OCC(=O)N([C@H]1[C@H]([C@H](OC([2H])([2H])[2H])[C@@H](COC)OC([2H])([2H])[2H])O[C@@](OCC(=O)N[C@H]2[C@H]([C@H](OC([2H])([2H])[2H])[C@@H](COC)OC([2H])([2H])[2H])O[C@@](O[C@H]3[C@@H](OC([2H])([2H])[2H])[C@@H](OP(=O)(OC[C@H](NC(=O)CCCCCCCCCCCCCCCCC)[C@@H](/C=C/CCCCCCCCCCC)OC([2H])([2H])[2H])OC([2H])([2H])[2H])[C@H](OC([2H])([2H])[2H])[C@@H](OC([2H])([2H])[2H])[C@@H]3OC([2H])([2H])[2H])(C(=O)OC([2H])([2H])[2H])C[C@@H]2OC([2H])([2H])[2H])(C(=O)OC([2H])([2H])[2H])C[C@@H]1OC([2H])([2H])[2H])C([2H])([2H])[2H]. The van der Waals surface area contributed by atoms with E-state index in [1.54, 1.807) is 0 Å². The molecule has 1 aliphatic carbocycles. The number of phosphoric ester groups is 1. The standard InChI is InChI=1S/C80H148N3O29P/c1-21-23-25-27-29-31-33-34-35-36-38-40-42-44-46-48-62(84)81-56(57(93-7)47-45-43-41-39-37-32-30-28-26-24-22-2)51-108-113(89,106-20)112-76-73(102-16)71(100-14)72(101-15)75(74(76)103-17)111-80(78(88)105-19)49-58(94-8)65(69(109-80)67(98-12)60(96-10)52-90-4)82-63(85)54-107-79(77(87)104-18)50-59(95-9)66(83(3)64(86)55-92-6)70(110-79)68(99-13)61(97-11)53-91-5/h45,47,56-61,65-76H,21-44,46,48-55H2,1-20H3,(H,81,84)(H,82,85)/b47-45+/t56-,57+,58-,59-,60+,61+,65+,66+,67+,68+,69+,70+,71-,72-,73+,74+,75+,76-,79+,80-,113?/m0/s1/i3D3,6D3,7D3,8D3,9D3,10D3,11D3,12D3,13D3,14D3,15D3,16D3,17D3,18D3,19D3,20D3. The minimum Gasteiger partial charge on any atom is -0.465 e. The summed E-state index contributed by atoms with van der Waals surface area (Å²) in [5.74, 6) is -20.1. The maximum Gasteiger partial charge on any atom is 0.475 e. The molecule has 3 rings (SSSR count). The van der Waals surface area contributed by atoms with E-state index in [4.69, 9.17) is 165 Å². The van der Waals surface area contributed by atoms with Crippen LogP contribution in [0.25, 0.3) is 0 Å². The molecule has 3 amide bonds. The molecule has 32 nitrogen and oxygen atoms in total. The van der Waals surface area contributed by atoms with E-state index in [0.717, 1.165) is 122 Å². The molecular weight excluding hydrogens is 1500 g/mol. The third-order valence-corrected chi connectivity index (χ3v) is 20.8. The van der Waals surface area contributed by atoms with Crippen LogP contribution in [-0.4, -0.2) is 316 Å². The Kier molecular flexibility index (Phi) is 26.2. The smallest absolute Gasteiger partial charge is 0.465 e. The molecule has 662 valence electrons. The first-order chi connectivity index (χ1) is 73.0. The number of esters is 2. The van der Waals surface area contributed by atoms with Crippen LogP contribution in [0, 0.1) is 0 Å². The Bertz CT molecular complexity index is 4400. The van der Waals surface area contributed by atoms with Gasteiger partial charge in [0, 0.05) is 136 Å². The third-order valence-electron chi connectivity index (χ3n) is 19.6. The van der Waals surface area contributed by atoms with Gasteiger partial charge >= 0.3 is 19.8 Å². The van der Waals surface area contributed by atoms with Gasteiger partial charge in [0.1, 0.15) is 86.5 Å². The number of methoxy groups -OCH3 is 16. The number of hydrogen-bond acceptors (Lipinski definition) is 29. The van der Waals surface area contributed by atoms with Crippen molar-refractivity contribution < 1.29 is 203 Å². The second-order valence-electron chi connectivity index (χ2n) is 27.3. The van der Waals surface area contributed by atoms with E-state index in [2.05, 4.69) is 21.7 Å². The Morgan fingerprint density at radius 1 is 0.513 bits per heavy atom. The first-order valence-electron chi connectivity index (χ1n) is 61.4. The number of hydrogen-bond donors (Lipinski definition) is 2. The first kappa shape index (κ1) is 50.7. The molecule has 21 atom stereocenters. The summed E-state index contributed by atoms with van der Waals surface area (Å²) in [5, 5.41) is 4.33. The van der Waals surface area contributed by atoms with E-state index in [1.165, 1.54) is 18.9 Å². The minimum absolute atomic E-state index is 0.118. The third kappa shape index (κ3) is 32.5. The number of rotatable bonds is 65. The number of carbonyl (C=O) groups is 5. The Morgan fingerprint density at radius 3 is 1.55 bits per heavy atom. The van der Waals surface area contributed by atoms with Crippen LogP contribution in [0.4, 0.5) is 0 Å². The second-order valence-corrected chi connectivity index (χ2v) is 28.8. The first-order valence-corrected chi connectivity index (χ1v) is 38.9. The fraction of sp³-hybridized carbons (Fsp3) is 0.912. The monoisotopic (exact) mass is 1690 g/mol. The van der Waals surface area contributed by atoms with Gasteiger partial charge in [-0.05, 0) is 19.3 Å². The predicted molar refractivity (Wildman–Crippen MR) is 420 cm³/mol. The van der Waals surface area contributed by atoms with Crippen molar-refractivity contribution in [2.75, 3.05) is 160 Å². The lowest BCUT2D eigenvalue weighted by molar-refractivity contribution is -0.357. The lowest BCUT2D eigenvalue weighted by atomic mass is 9.83. The Balaban J connectivity index is 2.90. The van der Waals surface area contributed by atoms with Crippen molar-refractivity contribution in [3.8, 4) is 0 Å². The molecule has 0 bridgehead atoms. The molecule has 3 aliphatic rings. The largest absolute Gasteiger partial charge is 0.475 e.